The van der Waals surface area contributed by atoms with Crippen molar-refractivity contribution in [1.29, 1.82) is 0 Å². The molecule has 0 aliphatic carbocycles. The van der Waals surface area contributed by atoms with Gasteiger partial charge in [-0.2, -0.15) is 0 Å². The fourth-order valence-corrected chi connectivity index (χ4v) is 4.26. The van der Waals surface area contributed by atoms with Crippen LogP contribution in [0.15, 0.2) is 71.9 Å². The minimum Gasteiger partial charge on any atom is -0.492 e. The second kappa shape index (κ2) is 9.57. The Morgan fingerprint density at radius 3 is 2.68 bits per heavy atom. The van der Waals surface area contributed by atoms with Gasteiger partial charge in [0.25, 0.3) is 15.9 Å². The zero-order chi connectivity index (χ0) is 22.4. The van der Waals surface area contributed by atoms with Gasteiger partial charge >= 0.3 is 0 Å². The van der Waals surface area contributed by atoms with Gasteiger partial charge in [-0.1, -0.05) is 24.3 Å². The first-order valence-electron chi connectivity index (χ1n) is 9.50. The Labute approximate surface area is 180 Å². The fourth-order valence-electron chi connectivity index (χ4n) is 3.00. The van der Waals surface area contributed by atoms with Gasteiger partial charge in [-0.3, -0.25) is 14.5 Å². The summed E-state index contributed by atoms with van der Waals surface area (Å²) in [4.78, 5) is 18.1. The number of benzene rings is 2. The molecule has 0 saturated heterocycles. The second-order valence-electron chi connectivity index (χ2n) is 6.70. The van der Waals surface area contributed by atoms with E-state index in [1.807, 2.05) is 0 Å². The molecule has 162 valence electrons. The molecule has 0 bridgehead atoms. The zero-order valence-corrected chi connectivity index (χ0v) is 17.9. The van der Waals surface area contributed by atoms with Crippen molar-refractivity contribution < 1.29 is 22.3 Å². The molecule has 2 aromatic carbocycles. The number of nitrogens with zero attached hydrogens (tertiary/aromatic N) is 2. The molecule has 0 aliphatic rings. The van der Waals surface area contributed by atoms with Crippen molar-refractivity contribution in [2.45, 2.75) is 18.4 Å². The van der Waals surface area contributed by atoms with Crippen LogP contribution in [0, 0.1) is 5.82 Å². The van der Waals surface area contributed by atoms with Gasteiger partial charge in [0.15, 0.2) is 0 Å². The van der Waals surface area contributed by atoms with E-state index in [2.05, 4.69) is 9.71 Å². The summed E-state index contributed by atoms with van der Waals surface area (Å²) in [5.74, 6) is -0.596. The van der Waals surface area contributed by atoms with Crippen molar-refractivity contribution >= 4 is 21.6 Å². The Balaban J connectivity index is 1.89. The average Bonchev–Trinajstić information content (AvgIpc) is 2.74. The molecule has 1 aromatic heterocycles. The lowest BCUT2D eigenvalue weighted by Gasteiger charge is -2.20. The van der Waals surface area contributed by atoms with Crippen molar-refractivity contribution in [2.75, 3.05) is 18.4 Å². The van der Waals surface area contributed by atoms with Crippen LogP contribution in [0.3, 0.4) is 0 Å². The number of sulfonamides is 1. The lowest BCUT2D eigenvalue weighted by atomic mass is 10.1. The number of hydrogen-bond donors (Lipinski definition) is 1. The summed E-state index contributed by atoms with van der Waals surface area (Å²) in [6.07, 6.45) is 2.82. The molecular weight excluding hydrogens is 421 g/mol. The van der Waals surface area contributed by atoms with Crippen LogP contribution >= 0.6 is 0 Å². The van der Waals surface area contributed by atoms with E-state index in [0.717, 1.165) is 0 Å². The average molecular weight is 444 g/mol. The summed E-state index contributed by atoms with van der Waals surface area (Å²) < 4.78 is 47.5. The number of nitrogens with one attached hydrogen (secondary N) is 1. The van der Waals surface area contributed by atoms with Crippen LogP contribution in [-0.2, 0) is 16.6 Å². The molecule has 0 aliphatic heterocycles. The normalized spacial score (nSPS) is 11.1. The predicted molar refractivity (Wildman–Crippen MR) is 115 cm³/mol. The van der Waals surface area contributed by atoms with Gasteiger partial charge in [0.1, 0.15) is 22.1 Å². The van der Waals surface area contributed by atoms with Crippen LogP contribution in [0.25, 0.3) is 0 Å². The van der Waals surface area contributed by atoms with Gasteiger partial charge in [-0.05, 0) is 36.8 Å². The van der Waals surface area contributed by atoms with E-state index in [4.69, 9.17) is 4.74 Å². The number of anilines is 1. The zero-order valence-electron chi connectivity index (χ0n) is 17.1. The summed E-state index contributed by atoms with van der Waals surface area (Å²) in [5, 5.41) is 0. The van der Waals surface area contributed by atoms with E-state index < -0.39 is 21.7 Å². The van der Waals surface area contributed by atoms with Crippen LogP contribution in [0.2, 0.25) is 0 Å². The SMILES string of the molecule is CCOc1ccncc1NS(=O)(=O)c1ccccc1C(=O)N(C)Cc1cccc(F)c1. The van der Waals surface area contributed by atoms with Gasteiger partial charge in [0, 0.05) is 25.9 Å². The Bertz CT molecular complexity index is 1180. The molecular formula is C22H22FN3O4S. The summed E-state index contributed by atoms with van der Waals surface area (Å²) >= 11 is 0. The quantitative estimate of drug-likeness (QED) is 0.574. The molecule has 0 spiro atoms. The summed E-state index contributed by atoms with van der Waals surface area (Å²) in [7, 11) is -2.59. The maximum absolute atomic E-state index is 13.5. The van der Waals surface area contributed by atoms with Gasteiger partial charge in [0.2, 0.25) is 0 Å². The maximum Gasteiger partial charge on any atom is 0.262 e. The molecule has 3 rings (SSSR count). The Kier molecular flexibility index (Phi) is 6.86. The second-order valence-corrected chi connectivity index (χ2v) is 8.35. The highest BCUT2D eigenvalue weighted by molar-refractivity contribution is 7.92. The van der Waals surface area contributed by atoms with Gasteiger partial charge in [0.05, 0.1) is 18.4 Å². The standard InChI is InChI=1S/C22H22FN3O4S/c1-3-30-20-11-12-24-14-19(20)25-31(28,29)21-10-5-4-9-18(21)22(27)26(2)15-16-7-6-8-17(23)13-16/h4-14,25H,3,15H2,1-2H3. The molecule has 1 heterocycles. The topological polar surface area (TPSA) is 88.6 Å². The molecule has 31 heavy (non-hydrogen) atoms. The van der Waals surface area contributed by atoms with Crippen molar-refractivity contribution in [1.82, 2.24) is 9.88 Å². The van der Waals surface area contributed by atoms with Crippen LogP contribution < -0.4 is 9.46 Å². The van der Waals surface area contributed by atoms with Crippen molar-refractivity contribution in [3.63, 3.8) is 0 Å². The number of hydrogen-bond acceptors (Lipinski definition) is 5. The van der Waals surface area contributed by atoms with Gasteiger partial charge in [-0.25, -0.2) is 12.8 Å². The number of halogens is 1. The van der Waals surface area contributed by atoms with Crippen LogP contribution in [-0.4, -0.2) is 37.9 Å². The van der Waals surface area contributed by atoms with Crippen molar-refractivity contribution in [3.8, 4) is 5.75 Å². The third-order valence-electron chi connectivity index (χ3n) is 4.39. The number of carbonyl (C=O) groups excluding carboxylic acids is 1. The molecule has 1 N–H and O–H groups in total. The highest BCUT2D eigenvalue weighted by atomic mass is 32.2. The molecule has 0 radical (unpaired) electrons. The minimum atomic E-state index is -4.12. The number of ether oxygens (including phenoxy) is 1. The summed E-state index contributed by atoms with van der Waals surface area (Å²) in [6, 6.07) is 13.3. The van der Waals surface area contributed by atoms with Gasteiger partial charge < -0.3 is 9.64 Å². The first kappa shape index (κ1) is 22.2. The van der Waals surface area contributed by atoms with E-state index in [9.17, 15) is 17.6 Å². The third-order valence-corrected chi connectivity index (χ3v) is 5.81. The van der Waals surface area contributed by atoms with Crippen molar-refractivity contribution in [3.05, 3.63) is 83.9 Å². The monoisotopic (exact) mass is 443 g/mol. The number of carbonyl (C=O) groups is 1. The van der Waals surface area contributed by atoms with Crippen LogP contribution in [0.4, 0.5) is 10.1 Å². The Morgan fingerprint density at radius 2 is 1.94 bits per heavy atom. The molecule has 9 heteroatoms. The third kappa shape index (κ3) is 5.37. The van der Waals surface area contributed by atoms with E-state index in [1.165, 1.54) is 54.7 Å². The molecule has 7 nitrogen and oxygen atoms in total. The lowest BCUT2D eigenvalue weighted by molar-refractivity contribution is 0.0781. The Morgan fingerprint density at radius 1 is 1.16 bits per heavy atom. The lowest BCUT2D eigenvalue weighted by Crippen LogP contribution is -2.28. The molecule has 0 atom stereocenters. The highest BCUT2D eigenvalue weighted by Crippen LogP contribution is 2.27. The summed E-state index contributed by atoms with van der Waals surface area (Å²) in [5.41, 5.74) is 0.751. The van der Waals surface area contributed by atoms with Crippen molar-refractivity contribution in [2.24, 2.45) is 0 Å². The molecule has 0 fully saturated rings. The first-order valence-corrected chi connectivity index (χ1v) is 11.0. The Hall–Kier alpha value is -3.46. The van der Waals surface area contributed by atoms with E-state index in [-0.39, 0.29) is 22.7 Å². The molecule has 0 unspecified atom stereocenters. The van der Waals surface area contributed by atoms with Gasteiger partial charge in [-0.15, -0.1) is 0 Å². The van der Waals surface area contributed by atoms with E-state index in [0.29, 0.717) is 17.9 Å². The number of rotatable bonds is 8. The number of aromatic nitrogens is 1. The van der Waals surface area contributed by atoms with Crippen LogP contribution in [0.5, 0.6) is 5.75 Å². The van der Waals surface area contributed by atoms with E-state index >= 15 is 0 Å². The maximum atomic E-state index is 13.5. The smallest absolute Gasteiger partial charge is 0.262 e. The van der Waals surface area contributed by atoms with Crippen LogP contribution in [0.1, 0.15) is 22.8 Å². The molecule has 3 aromatic rings. The summed E-state index contributed by atoms with van der Waals surface area (Å²) in [6.45, 7) is 2.25. The number of pyridine rings is 1. The fraction of sp³-hybridized carbons (Fsp3) is 0.182. The highest BCUT2D eigenvalue weighted by Gasteiger charge is 2.25. The first-order chi connectivity index (χ1) is 14.8. The predicted octanol–water partition coefficient (Wildman–Crippen LogP) is 3.69. The molecule has 0 saturated carbocycles. The minimum absolute atomic E-state index is 0.00393. The molecule has 1 amide bonds. The van der Waals surface area contributed by atoms with E-state index in [1.54, 1.807) is 31.2 Å². The number of amides is 1. The largest absolute Gasteiger partial charge is 0.492 e.